The molecule has 1 N–H and O–H groups in total. The van der Waals surface area contributed by atoms with E-state index in [-0.39, 0.29) is 22.7 Å². The summed E-state index contributed by atoms with van der Waals surface area (Å²) in [5, 5.41) is 9.59. The van der Waals surface area contributed by atoms with E-state index in [4.69, 9.17) is 18.4 Å². The average molecular weight is 483 g/mol. The predicted molar refractivity (Wildman–Crippen MR) is 121 cm³/mol. The molecule has 1 aliphatic carbocycles. The number of hydrogen-bond acceptors (Lipinski definition) is 7. The molecule has 34 heavy (non-hydrogen) atoms. The molecule has 2 aliphatic rings. The molecule has 1 heterocycles. The first-order valence-electron chi connectivity index (χ1n) is 10.9. The molecule has 9 heteroatoms. The highest BCUT2D eigenvalue weighted by molar-refractivity contribution is 7.86. The van der Waals surface area contributed by atoms with Gasteiger partial charge in [-0.2, -0.15) is 8.42 Å². The first-order valence-corrected chi connectivity index (χ1v) is 12.3. The van der Waals surface area contributed by atoms with E-state index in [1.807, 2.05) is 24.3 Å². The Hall–Kier alpha value is -3.56. The van der Waals surface area contributed by atoms with Crippen LogP contribution in [0, 0.1) is 0 Å². The summed E-state index contributed by atoms with van der Waals surface area (Å²) in [5.41, 5.74) is 0.945. The van der Waals surface area contributed by atoms with Crippen molar-refractivity contribution in [3.8, 4) is 23.0 Å². The van der Waals surface area contributed by atoms with Crippen LogP contribution in [0.5, 0.6) is 23.0 Å². The van der Waals surface area contributed by atoms with Crippen LogP contribution in [0.15, 0.2) is 77.7 Å². The average Bonchev–Trinajstić information content (AvgIpc) is 3.42. The molecule has 0 amide bonds. The van der Waals surface area contributed by atoms with E-state index in [9.17, 15) is 18.3 Å². The quantitative estimate of drug-likeness (QED) is 0.364. The summed E-state index contributed by atoms with van der Waals surface area (Å²) in [4.78, 5) is 11.6. The van der Waals surface area contributed by atoms with Crippen molar-refractivity contribution in [1.82, 2.24) is 0 Å². The van der Waals surface area contributed by atoms with Gasteiger partial charge in [0.1, 0.15) is 17.6 Å². The second-order valence-corrected chi connectivity index (χ2v) is 9.67. The lowest BCUT2D eigenvalue weighted by Crippen LogP contribution is -2.32. The molecule has 5 rings (SSSR count). The summed E-state index contributed by atoms with van der Waals surface area (Å²) in [6.07, 6.45) is 0.910. The molecule has 1 aliphatic heterocycles. The molecule has 1 saturated carbocycles. The molecule has 0 bridgehead atoms. The number of carbonyl (C=O) groups is 1. The van der Waals surface area contributed by atoms with Crippen LogP contribution in [0.3, 0.4) is 0 Å². The second kappa shape index (κ2) is 9.00. The highest BCUT2D eigenvalue weighted by Crippen LogP contribution is 2.50. The predicted octanol–water partition coefficient (Wildman–Crippen LogP) is 4.70. The molecule has 1 fully saturated rings. The van der Waals surface area contributed by atoms with Gasteiger partial charge in [0.05, 0.1) is 4.90 Å². The number of rotatable bonds is 8. The third-order valence-corrected chi connectivity index (χ3v) is 7.15. The van der Waals surface area contributed by atoms with Crippen LogP contribution in [0.2, 0.25) is 0 Å². The standard InChI is InChI=1S/C25H22O8S/c26-24(27)25(32-22-11-5-9-20-19-8-4-10-21(19)31-23(20)22)33-34(28,29)18-14-12-17(13-15-18)30-16-6-2-1-3-7-16/h1-3,5-7,9,11-15,19,21,25H,4,8,10H2,(H,26,27). The number of carboxylic acids is 1. The summed E-state index contributed by atoms with van der Waals surface area (Å²) in [6.45, 7) is 0. The zero-order chi connectivity index (χ0) is 23.7. The van der Waals surface area contributed by atoms with Gasteiger partial charge in [-0.05, 0) is 61.7 Å². The van der Waals surface area contributed by atoms with Crippen molar-refractivity contribution in [2.45, 2.75) is 42.5 Å². The minimum atomic E-state index is -4.45. The first-order chi connectivity index (χ1) is 16.4. The van der Waals surface area contributed by atoms with Crippen molar-refractivity contribution in [1.29, 1.82) is 0 Å². The van der Waals surface area contributed by atoms with Crippen LogP contribution in [-0.4, -0.2) is 31.9 Å². The molecule has 176 valence electrons. The van der Waals surface area contributed by atoms with Crippen LogP contribution in [-0.2, 0) is 19.1 Å². The molecule has 0 spiro atoms. The minimum Gasteiger partial charge on any atom is -0.486 e. The van der Waals surface area contributed by atoms with Gasteiger partial charge in [-0.25, -0.2) is 8.98 Å². The lowest BCUT2D eigenvalue weighted by atomic mass is 9.97. The van der Waals surface area contributed by atoms with Gasteiger partial charge in [-0.1, -0.05) is 30.3 Å². The smallest absolute Gasteiger partial charge is 0.375 e. The number of carboxylic acid groups (broad SMARTS) is 1. The van der Waals surface area contributed by atoms with Crippen LogP contribution >= 0.6 is 0 Å². The van der Waals surface area contributed by atoms with Gasteiger partial charge in [0.2, 0.25) is 0 Å². The number of hydrogen-bond donors (Lipinski definition) is 1. The Bertz CT molecular complexity index is 1290. The van der Waals surface area contributed by atoms with Crippen molar-refractivity contribution in [3.05, 3.63) is 78.4 Å². The number of ether oxygens (including phenoxy) is 3. The van der Waals surface area contributed by atoms with Crippen molar-refractivity contribution in [2.24, 2.45) is 0 Å². The SMILES string of the molecule is O=C(O)C(Oc1cccc2c1OC1CCCC21)OS(=O)(=O)c1ccc(Oc2ccccc2)cc1. The molecule has 0 saturated heterocycles. The molecule has 0 radical (unpaired) electrons. The van der Waals surface area contributed by atoms with E-state index >= 15 is 0 Å². The number of aliphatic carboxylic acids is 1. The van der Waals surface area contributed by atoms with Crippen LogP contribution in [0.4, 0.5) is 0 Å². The zero-order valence-corrected chi connectivity index (χ0v) is 18.8. The lowest BCUT2D eigenvalue weighted by molar-refractivity contribution is -0.158. The molecule has 3 aromatic rings. The van der Waals surface area contributed by atoms with Crippen molar-refractivity contribution in [3.63, 3.8) is 0 Å². The van der Waals surface area contributed by atoms with Gasteiger partial charge in [0, 0.05) is 11.5 Å². The maximum absolute atomic E-state index is 12.8. The van der Waals surface area contributed by atoms with Crippen molar-refractivity contribution in [2.75, 3.05) is 0 Å². The molecular formula is C25H22O8S. The van der Waals surface area contributed by atoms with Crippen LogP contribution in [0.1, 0.15) is 30.7 Å². The van der Waals surface area contributed by atoms with Gasteiger partial charge >= 0.3 is 22.4 Å². The molecule has 3 unspecified atom stereocenters. The maximum Gasteiger partial charge on any atom is 0.375 e. The van der Waals surface area contributed by atoms with Gasteiger partial charge in [-0.3, -0.25) is 0 Å². The van der Waals surface area contributed by atoms with Crippen LogP contribution in [0.25, 0.3) is 0 Å². The lowest BCUT2D eigenvalue weighted by Gasteiger charge is -2.18. The largest absolute Gasteiger partial charge is 0.486 e. The Morgan fingerprint density at radius 2 is 1.68 bits per heavy atom. The Balaban J connectivity index is 1.32. The number of fused-ring (bicyclic) bond motifs is 3. The Labute approximate surface area is 196 Å². The summed E-state index contributed by atoms with van der Waals surface area (Å²) < 4.78 is 47.6. The summed E-state index contributed by atoms with van der Waals surface area (Å²) in [6, 6.07) is 19.7. The monoisotopic (exact) mass is 482 g/mol. The van der Waals surface area contributed by atoms with E-state index < -0.39 is 22.4 Å². The normalized spacial score (nSPS) is 19.5. The highest BCUT2D eigenvalue weighted by atomic mass is 32.2. The Morgan fingerprint density at radius 1 is 0.941 bits per heavy atom. The Kier molecular flexibility index (Phi) is 5.89. The maximum atomic E-state index is 12.8. The third-order valence-electron chi connectivity index (χ3n) is 5.87. The molecule has 3 aromatic carbocycles. The molecule has 0 aromatic heterocycles. The second-order valence-electron chi connectivity index (χ2n) is 8.09. The van der Waals surface area contributed by atoms with E-state index in [0.29, 0.717) is 17.2 Å². The molecule has 3 atom stereocenters. The summed E-state index contributed by atoms with van der Waals surface area (Å²) >= 11 is 0. The number of benzene rings is 3. The fourth-order valence-electron chi connectivity index (χ4n) is 4.31. The van der Waals surface area contributed by atoms with Crippen molar-refractivity contribution >= 4 is 16.1 Å². The van der Waals surface area contributed by atoms with E-state index in [2.05, 4.69) is 0 Å². The Morgan fingerprint density at radius 3 is 2.41 bits per heavy atom. The minimum absolute atomic E-state index is 0.0318. The van der Waals surface area contributed by atoms with Gasteiger partial charge in [-0.15, -0.1) is 0 Å². The van der Waals surface area contributed by atoms with E-state index in [1.54, 1.807) is 24.3 Å². The fourth-order valence-corrected chi connectivity index (χ4v) is 5.25. The highest BCUT2D eigenvalue weighted by Gasteiger charge is 2.40. The van der Waals surface area contributed by atoms with Gasteiger partial charge in [0.25, 0.3) is 0 Å². The topological polar surface area (TPSA) is 108 Å². The van der Waals surface area contributed by atoms with E-state index in [0.717, 1.165) is 24.8 Å². The van der Waals surface area contributed by atoms with Gasteiger partial charge in [0.15, 0.2) is 11.5 Å². The summed E-state index contributed by atoms with van der Waals surface area (Å²) in [7, 11) is -4.45. The van der Waals surface area contributed by atoms with Crippen LogP contribution < -0.4 is 14.2 Å². The van der Waals surface area contributed by atoms with Gasteiger partial charge < -0.3 is 19.3 Å². The summed E-state index contributed by atoms with van der Waals surface area (Å²) in [5.74, 6) is 0.258. The zero-order valence-electron chi connectivity index (χ0n) is 18.0. The van der Waals surface area contributed by atoms with Crippen molar-refractivity contribution < 1.29 is 36.7 Å². The fraction of sp³-hybridized carbons (Fsp3) is 0.240. The van der Waals surface area contributed by atoms with E-state index in [1.165, 1.54) is 24.3 Å². The molecule has 8 nitrogen and oxygen atoms in total. The number of para-hydroxylation sites is 2. The third kappa shape index (κ3) is 4.44. The first kappa shape index (κ1) is 22.2. The molecular weight excluding hydrogens is 460 g/mol.